The first kappa shape index (κ1) is 33.2. The van der Waals surface area contributed by atoms with Crippen molar-refractivity contribution in [2.24, 2.45) is 5.92 Å². The van der Waals surface area contributed by atoms with Crippen molar-refractivity contribution in [1.82, 2.24) is 15.1 Å². The first-order chi connectivity index (χ1) is 20.6. The van der Waals surface area contributed by atoms with Crippen molar-refractivity contribution in [3.63, 3.8) is 0 Å². The summed E-state index contributed by atoms with van der Waals surface area (Å²) in [6.45, 7) is 3.42. The van der Waals surface area contributed by atoms with Gasteiger partial charge in [0.15, 0.2) is 5.75 Å². The van der Waals surface area contributed by atoms with Gasteiger partial charge in [-0.05, 0) is 60.9 Å². The van der Waals surface area contributed by atoms with Crippen LogP contribution in [0.5, 0.6) is 5.75 Å². The Balaban J connectivity index is 1.72. The van der Waals surface area contributed by atoms with Gasteiger partial charge in [-0.2, -0.15) is 26.7 Å². The first-order valence-corrected chi connectivity index (χ1v) is 15.5. The molecular formula is C29H28BBrF3N3O6S. The Labute approximate surface area is 261 Å². The van der Waals surface area contributed by atoms with Gasteiger partial charge in [0.25, 0.3) is 0 Å². The Hall–Kier alpha value is -3.66. The molecule has 1 aromatic heterocycles. The number of nitrogens with zero attached hydrogens (tertiary/aromatic N) is 2. The summed E-state index contributed by atoms with van der Waals surface area (Å²) in [5, 5.41) is 26.7. The molecule has 4 rings (SSSR count). The number of hydrogen-bond donors (Lipinski definition) is 3. The average Bonchev–Trinajstić information content (AvgIpc) is 3.35. The number of para-hydroxylation sites is 1. The van der Waals surface area contributed by atoms with E-state index < -0.39 is 45.7 Å². The Kier molecular flexibility index (Phi) is 10.2. The predicted molar refractivity (Wildman–Crippen MR) is 162 cm³/mol. The fourth-order valence-corrected chi connectivity index (χ4v) is 5.84. The minimum Gasteiger partial charge on any atom is -0.426 e. The third-order valence-electron chi connectivity index (χ3n) is 6.44. The van der Waals surface area contributed by atoms with E-state index in [-0.39, 0.29) is 29.5 Å². The van der Waals surface area contributed by atoms with Gasteiger partial charge in [0, 0.05) is 15.6 Å². The molecule has 3 aromatic carbocycles. The van der Waals surface area contributed by atoms with Crippen LogP contribution in [0.2, 0.25) is 0 Å². The smallest absolute Gasteiger partial charge is 0.426 e. The number of hydrogen-bond acceptors (Lipinski definition) is 7. The number of carbonyl (C=O) groups is 1. The van der Waals surface area contributed by atoms with E-state index in [1.165, 1.54) is 22.9 Å². The quantitative estimate of drug-likeness (QED) is 0.143. The lowest BCUT2D eigenvalue weighted by molar-refractivity contribution is -0.137. The number of alkyl halides is 3. The van der Waals surface area contributed by atoms with Crippen LogP contribution in [-0.4, -0.2) is 47.2 Å². The summed E-state index contributed by atoms with van der Waals surface area (Å²) in [6, 6.07) is 17.9. The van der Waals surface area contributed by atoms with Crippen LogP contribution in [0.3, 0.4) is 0 Å². The lowest BCUT2D eigenvalue weighted by Crippen LogP contribution is -2.48. The number of amides is 1. The van der Waals surface area contributed by atoms with Gasteiger partial charge in [-0.25, -0.2) is 0 Å². The van der Waals surface area contributed by atoms with E-state index in [1.807, 2.05) is 13.8 Å². The first-order valence-electron chi connectivity index (χ1n) is 13.3. The monoisotopic (exact) mass is 693 g/mol. The third-order valence-corrected chi connectivity index (χ3v) is 8.16. The third kappa shape index (κ3) is 8.28. The van der Waals surface area contributed by atoms with Crippen molar-refractivity contribution < 1.29 is 40.6 Å². The van der Waals surface area contributed by atoms with Crippen molar-refractivity contribution in [1.29, 1.82) is 0 Å². The standard InChI is InChI=1S/C29H28BBrF3N3O6S/c1-18(2)13-27(30(39)40)35-28(38)17-37-25(19-7-5-9-21(31)14-19)16-24(36-37)23-11-3-4-12-26(23)43-44(41,42)22-10-6-8-20(15-22)29(32,33)34/h3-12,14-16,18,27,39-40H,13,17H2,1-2H3,(H,35,38). The Morgan fingerprint density at radius 1 is 1.05 bits per heavy atom. The van der Waals surface area contributed by atoms with E-state index in [1.54, 1.807) is 36.4 Å². The van der Waals surface area contributed by atoms with E-state index in [9.17, 15) is 36.4 Å². The van der Waals surface area contributed by atoms with Crippen LogP contribution in [0.25, 0.3) is 22.5 Å². The van der Waals surface area contributed by atoms with Gasteiger partial charge in [0.1, 0.15) is 11.4 Å². The van der Waals surface area contributed by atoms with Gasteiger partial charge in [-0.1, -0.05) is 60.1 Å². The molecule has 3 N–H and O–H groups in total. The van der Waals surface area contributed by atoms with Crippen LogP contribution in [0.15, 0.2) is 88.2 Å². The van der Waals surface area contributed by atoms with Gasteiger partial charge >= 0.3 is 23.4 Å². The summed E-state index contributed by atoms with van der Waals surface area (Å²) in [5.41, 5.74) is 0.389. The second-order valence-electron chi connectivity index (χ2n) is 10.4. The molecule has 0 aliphatic heterocycles. The fraction of sp³-hybridized carbons (Fsp3) is 0.241. The largest absolute Gasteiger partial charge is 0.475 e. The van der Waals surface area contributed by atoms with E-state index in [0.717, 1.165) is 22.7 Å². The van der Waals surface area contributed by atoms with Crippen molar-refractivity contribution >= 4 is 39.1 Å². The molecule has 0 saturated heterocycles. The lowest BCUT2D eigenvalue weighted by atomic mass is 9.75. The minimum atomic E-state index is -4.75. The van der Waals surface area contributed by atoms with E-state index >= 15 is 0 Å². The molecule has 1 amide bonds. The highest BCUT2D eigenvalue weighted by Gasteiger charge is 2.32. The number of aromatic nitrogens is 2. The van der Waals surface area contributed by atoms with Crippen LogP contribution in [0.4, 0.5) is 13.2 Å². The summed E-state index contributed by atoms with van der Waals surface area (Å²) in [5.74, 6) is -1.59. The average molecular weight is 694 g/mol. The van der Waals surface area contributed by atoms with E-state index in [2.05, 4.69) is 26.3 Å². The van der Waals surface area contributed by atoms with Gasteiger partial charge < -0.3 is 19.5 Å². The summed E-state index contributed by atoms with van der Waals surface area (Å²) in [7, 11) is -6.47. The molecule has 0 saturated carbocycles. The zero-order chi connectivity index (χ0) is 32.2. The molecule has 0 bridgehead atoms. The molecule has 232 valence electrons. The molecule has 9 nitrogen and oxygen atoms in total. The fourth-order valence-electron chi connectivity index (χ4n) is 4.45. The van der Waals surface area contributed by atoms with E-state index in [4.69, 9.17) is 4.18 Å². The molecule has 1 heterocycles. The number of nitrogens with one attached hydrogen (secondary N) is 1. The molecule has 0 aliphatic carbocycles. The molecule has 4 aromatic rings. The highest BCUT2D eigenvalue weighted by molar-refractivity contribution is 9.10. The van der Waals surface area contributed by atoms with Gasteiger partial charge in [-0.15, -0.1) is 0 Å². The summed E-state index contributed by atoms with van der Waals surface area (Å²) < 4.78 is 73.2. The molecule has 44 heavy (non-hydrogen) atoms. The molecule has 0 radical (unpaired) electrons. The van der Waals surface area contributed by atoms with Crippen LogP contribution in [0, 0.1) is 5.92 Å². The Morgan fingerprint density at radius 2 is 1.75 bits per heavy atom. The molecule has 0 spiro atoms. The normalized spacial score (nSPS) is 12.7. The van der Waals surface area contributed by atoms with Crippen molar-refractivity contribution in [2.75, 3.05) is 0 Å². The Bertz CT molecular complexity index is 1750. The predicted octanol–water partition coefficient (Wildman–Crippen LogP) is 5.31. The van der Waals surface area contributed by atoms with Gasteiger partial charge in [0.05, 0.1) is 22.9 Å². The number of carbonyl (C=O) groups excluding carboxylic acids is 1. The molecule has 0 aliphatic rings. The highest BCUT2D eigenvalue weighted by Crippen LogP contribution is 2.35. The second-order valence-corrected chi connectivity index (χ2v) is 12.8. The minimum absolute atomic E-state index is 0.0688. The van der Waals surface area contributed by atoms with Crippen molar-refractivity contribution in [2.45, 2.75) is 43.8 Å². The maximum Gasteiger partial charge on any atom is 0.475 e. The van der Waals surface area contributed by atoms with Crippen LogP contribution < -0.4 is 9.50 Å². The zero-order valence-corrected chi connectivity index (χ0v) is 25.9. The maximum atomic E-state index is 13.2. The summed E-state index contributed by atoms with van der Waals surface area (Å²) in [6.07, 6.45) is -4.44. The molecular weight excluding hydrogens is 666 g/mol. The summed E-state index contributed by atoms with van der Waals surface area (Å²) in [4.78, 5) is 12.3. The maximum absolute atomic E-state index is 13.2. The topological polar surface area (TPSA) is 131 Å². The number of halogens is 4. The molecule has 1 unspecified atom stereocenters. The summed E-state index contributed by atoms with van der Waals surface area (Å²) >= 11 is 3.42. The SMILES string of the molecule is CC(C)CC(NC(=O)Cn1nc(-c2ccccc2OS(=O)(=O)c2cccc(C(F)(F)F)c2)cc1-c1cccc(Br)c1)B(O)O. The highest BCUT2D eigenvalue weighted by atomic mass is 79.9. The van der Waals surface area contributed by atoms with Crippen LogP contribution >= 0.6 is 15.9 Å². The van der Waals surface area contributed by atoms with Crippen molar-refractivity contribution in [3.05, 3.63) is 88.9 Å². The number of rotatable bonds is 11. The Morgan fingerprint density at radius 3 is 2.41 bits per heavy atom. The lowest BCUT2D eigenvalue weighted by Gasteiger charge is -2.20. The van der Waals surface area contributed by atoms with E-state index in [0.29, 0.717) is 23.7 Å². The molecule has 15 heteroatoms. The van der Waals surface area contributed by atoms with Crippen LogP contribution in [-0.2, 0) is 27.6 Å². The van der Waals surface area contributed by atoms with Crippen molar-refractivity contribution in [3.8, 4) is 28.3 Å². The molecule has 1 atom stereocenters. The van der Waals surface area contributed by atoms with Gasteiger partial charge in [0.2, 0.25) is 5.91 Å². The molecule has 0 fully saturated rings. The zero-order valence-electron chi connectivity index (χ0n) is 23.5. The second kappa shape index (κ2) is 13.5. The van der Waals surface area contributed by atoms with Crippen LogP contribution in [0.1, 0.15) is 25.8 Å². The van der Waals surface area contributed by atoms with Gasteiger partial charge in [-0.3, -0.25) is 9.48 Å². The number of benzene rings is 3.